The number of nitrogens with one attached hydrogen (secondary N) is 1. The third-order valence-corrected chi connectivity index (χ3v) is 3.82. The van der Waals surface area contributed by atoms with Crippen LogP contribution in [0.15, 0.2) is 18.2 Å². The first-order valence-corrected chi connectivity index (χ1v) is 6.93. The second-order valence-electron chi connectivity index (χ2n) is 5.04. The quantitative estimate of drug-likeness (QED) is 0.884. The Hall–Kier alpha value is -0.930. The SMILES string of the molecule is CCC[C@@H](c1cccc(F)c1C)N1CCNCC1. The highest BCUT2D eigenvalue weighted by Gasteiger charge is 2.23. The lowest BCUT2D eigenvalue weighted by molar-refractivity contribution is 0.164. The van der Waals surface area contributed by atoms with Crippen molar-refractivity contribution >= 4 is 0 Å². The molecular formula is C15H23FN2. The zero-order chi connectivity index (χ0) is 13.0. The van der Waals surface area contributed by atoms with Crippen molar-refractivity contribution in [3.05, 3.63) is 35.1 Å². The van der Waals surface area contributed by atoms with Gasteiger partial charge in [-0.1, -0.05) is 25.5 Å². The highest BCUT2D eigenvalue weighted by atomic mass is 19.1. The smallest absolute Gasteiger partial charge is 0.126 e. The Morgan fingerprint density at radius 3 is 2.72 bits per heavy atom. The maximum Gasteiger partial charge on any atom is 0.126 e. The summed E-state index contributed by atoms with van der Waals surface area (Å²) in [6, 6.07) is 5.84. The first kappa shape index (κ1) is 13.5. The molecule has 0 amide bonds. The van der Waals surface area contributed by atoms with Gasteiger partial charge in [-0.25, -0.2) is 4.39 Å². The minimum absolute atomic E-state index is 0.0799. The molecular weight excluding hydrogens is 227 g/mol. The lowest BCUT2D eigenvalue weighted by atomic mass is 9.95. The maximum absolute atomic E-state index is 13.7. The van der Waals surface area contributed by atoms with Gasteiger partial charge >= 0.3 is 0 Å². The van der Waals surface area contributed by atoms with E-state index < -0.39 is 0 Å². The third-order valence-electron chi connectivity index (χ3n) is 3.82. The molecule has 0 aromatic heterocycles. The summed E-state index contributed by atoms with van der Waals surface area (Å²) >= 11 is 0. The summed E-state index contributed by atoms with van der Waals surface area (Å²) in [5.74, 6) is -0.0799. The zero-order valence-corrected chi connectivity index (χ0v) is 11.4. The van der Waals surface area contributed by atoms with Crippen LogP contribution in [0.4, 0.5) is 4.39 Å². The Morgan fingerprint density at radius 1 is 1.33 bits per heavy atom. The minimum atomic E-state index is -0.0799. The minimum Gasteiger partial charge on any atom is -0.314 e. The van der Waals surface area contributed by atoms with Gasteiger partial charge in [0.2, 0.25) is 0 Å². The molecule has 0 saturated carbocycles. The van der Waals surface area contributed by atoms with Gasteiger partial charge in [-0.15, -0.1) is 0 Å². The van der Waals surface area contributed by atoms with Crippen LogP contribution >= 0.6 is 0 Å². The van der Waals surface area contributed by atoms with Gasteiger partial charge < -0.3 is 5.32 Å². The van der Waals surface area contributed by atoms with E-state index in [9.17, 15) is 4.39 Å². The number of hydrogen-bond donors (Lipinski definition) is 1. The molecule has 1 aliphatic heterocycles. The average molecular weight is 250 g/mol. The molecule has 0 unspecified atom stereocenters. The van der Waals surface area contributed by atoms with Crippen LogP contribution in [0.2, 0.25) is 0 Å². The van der Waals surface area contributed by atoms with Crippen molar-refractivity contribution < 1.29 is 4.39 Å². The maximum atomic E-state index is 13.7. The van der Waals surface area contributed by atoms with Crippen LogP contribution in [0.1, 0.15) is 36.9 Å². The Labute approximate surface area is 109 Å². The fourth-order valence-electron chi connectivity index (χ4n) is 2.79. The van der Waals surface area contributed by atoms with Crippen LogP contribution < -0.4 is 5.32 Å². The van der Waals surface area contributed by atoms with Crippen LogP contribution in [0.5, 0.6) is 0 Å². The van der Waals surface area contributed by atoms with E-state index in [0.717, 1.165) is 44.6 Å². The summed E-state index contributed by atoms with van der Waals surface area (Å²) in [7, 11) is 0. The molecule has 1 fully saturated rings. The number of nitrogens with zero attached hydrogens (tertiary/aromatic N) is 1. The van der Waals surface area contributed by atoms with Gasteiger partial charge in [0.1, 0.15) is 5.82 Å². The Balaban J connectivity index is 2.25. The van der Waals surface area contributed by atoms with E-state index in [-0.39, 0.29) is 5.82 Å². The number of piperazine rings is 1. The Morgan fingerprint density at radius 2 is 2.06 bits per heavy atom. The molecule has 1 aromatic carbocycles. The monoisotopic (exact) mass is 250 g/mol. The molecule has 3 heteroatoms. The van der Waals surface area contributed by atoms with E-state index in [4.69, 9.17) is 0 Å². The Bertz CT molecular complexity index is 386. The van der Waals surface area contributed by atoms with Crippen molar-refractivity contribution in [1.29, 1.82) is 0 Å². The fraction of sp³-hybridized carbons (Fsp3) is 0.600. The second kappa shape index (κ2) is 6.30. The van der Waals surface area contributed by atoms with E-state index in [1.165, 1.54) is 5.56 Å². The van der Waals surface area contributed by atoms with E-state index in [1.54, 1.807) is 6.07 Å². The largest absolute Gasteiger partial charge is 0.314 e. The van der Waals surface area contributed by atoms with Crippen molar-refractivity contribution in [2.45, 2.75) is 32.7 Å². The zero-order valence-electron chi connectivity index (χ0n) is 11.4. The molecule has 1 heterocycles. The summed E-state index contributed by atoms with van der Waals surface area (Å²) < 4.78 is 13.7. The van der Waals surface area contributed by atoms with Crippen molar-refractivity contribution in [3.8, 4) is 0 Å². The van der Waals surface area contributed by atoms with Gasteiger partial charge in [0.05, 0.1) is 0 Å². The van der Waals surface area contributed by atoms with Gasteiger partial charge in [0.15, 0.2) is 0 Å². The van der Waals surface area contributed by atoms with E-state index >= 15 is 0 Å². The lowest BCUT2D eigenvalue weighted by Gasteiger charge is -2.36. The van der Waals surface area contributed by atoms with E-state index in [2.05, 4.69) is 23.2 Å². The molecule has 0 bridgehead atoms. The second-order valence-corrected chi connectivity index (χ2v) is 5.04. The van der Waals surface area contributed by atoms with Gasteiger partial charge in [-0.2, -0.15) is 0 Å². The topological polar surface area (TPSA) is 15.3 Å². The van der Waals surface area contributed by atoms with E-state index in [1.807, 2.05) is 13.0 Å². The molecule has 1 aromatic rings. The first-order valence-electron chi connectivity index (χ1n) is 6.93. The predicted molar refractivity (Wildman–Crippen MR) is 73.2 cm³/mol. The van der Waals surface area contributed by atoms with Crippen molar-refractivity contribution in [2.24, 2.45) is 0 Å². The van der Waals surface area contributed by atoms with Crippen molar-refractivity contribution in [1.82, 2.24) is 10.2 Å². The Kier molecular flexibility index (Phi) is 4.72. The third kappa shape index (κ3) is 2.90. The van der Waals surface area contributed by atoms with Gasteiger partial charge in [-0.05, 0) is 30.5 Å². The van der Waals surface area contributed by atoms with Crippen molar-refractivity contribution in [3.63, 3.8) is 0 Å². The standard InChI is InChI=1S/C15H23FN2/c1-3-5-15(18-10-8-17-9-11-18)13-6-4-7-14(16)12(13)2/h4,6-7,15,17H,3,5,8-11H2,1-2H3/t15-/m0/s1. The average Bonchev–Trinajstić information content (AvgIpc) is 2.41. The molecule has 1 aliphatic rings. The number of rotatable bonds is 4. The summed E-state index contributed by atoms with van der Waals surface area (Å²) in [5.41, 5.74) is 1.98. The molecule has 0 aliphatic carbocycles. The summed E-state index contributed by atoms with van der Waals surface area (Å²) in [6.07, 6.45) is 2.23. The molecule has 0 radical (unpaired) electrons. The fourth-order valence-corrected chi connectivity index (χ4v) is 2.79. The van der Waals surface area contributed by atoms with Gasteiger partial charge in [0, 0.05) is 32.2 Å². The molecule has 2 nitrogen and oxygen atoms in total. The molecule has 18 heavy (non-hydrogen) atoms. The van der Waals surface area contributed by atoms with Crippen LogP contribution in [0.3, 0.4) is 0 Å². The molecule has 1 N–H and O–H groups in total. The van der Waals surface area contributed by atoms with E-state index in [0.29, 0.717) is 6.04 Å². The van der Waals surface area contributed by atoms with Crippen LogP contribution in [-0.4, -0.2) is 31.1 Å². The molecule has 1 saturated heterocycles. The molecule has 1 atom stereocenters. The van der Waals surface area contributed by atoms with Crippen molar-refractivity contribution in [2.75, 3.05) is 26.2 Å². The van der Waals surface area contributed by atoms with Crippen LogP contribution in [-0.2, 0) is 0 Å². The molecule has 100 valence electrons. The summed E-state index contributed by atoms with van der Waals surface area (Å²) in [6.45, 7) is 8.28. The normalized spacial score (nSPS) is 18.8. The predicted octanol–water partition coefficient (Wildman–Crippen LogP) is 2.88. The van der Waals surface area contributed by atoms with Crippen LogP contribution in [0.25, 0.3) is 0 Å². The number of hydrogen-bond acceptors (Lipinski definition) is 2. The number of halogens is 1. The lowest BCUT2D eigenvalue weighted by Crippen LogP contribution is -2.45. The van der Waals surface area contributed by atoms with Gasteiger partial charge in [0.25, 0.3) is 0 Å². The summed E-state index contributed by atoms with van der Waals surface area (Å²) in [4.78, 5) is 2.49. The van der Waals surface area contributed by atoms with Crippen LogP contribution in [0, 0.1) is 12.7 Å². The number of benzene rings is 1. The molecule has 0 spiro atoms. The summed E-state index contributed by atoms with van der Waals surface area (Å²) in [5, 5.41) is 3.37. The van der Waals surface area contributed by atoms with Gasteiger partial charge in [-0.3, -0.25) is 4.90 Å². The molecule has 2 rings (SSSR count). The highest BCUT2D eigenvalue weighted by Crippen LogP contribution is 2.29. The highest BCUT2D eigenvalue weighted by molar-refractivity contribution is 5.30. The first-order chi connectivity index (χ1) is 8.74.